The normalized spacial score (nSPS) is 12.7. The summed E-state index contributed by atoms with van der Waals surface area (Å²) in [6, 6.07) is 0. The lowest BCUT2D eigenvalue weighted by molar-refractivity contribution is -0.142. The SMILES string of the molecule is CCCCCCCCC=C(C)CCCCCCCCCCC(CCCCCCCCCCCCCC)C(=O)O. The first-order valence-electron chi connectivity index (χ1n) is 18.0. The van der Waals surface area contributed by atoms with Gasteiger partial charge in [0.1, 0.15) is 0 Å². The predicted molar refractivity (Wildman–Crippen MR) is 175 cm³/mol. The van der Waals surface area contributed by atoms with Crippen molar-refractivity contribution >= 4 is 5.97 Å². The molecule has 0 rings (SSSR count). The monoisotopic (exact) mass is 549 g/mol. The summed E-state index contributed by atoms with van der Waals surface area (Å²) in [6.07, 6.45) is 41.6. The van der Waals surface area contributed by atoms with E-state index in [9.17, 15) is 9.90 Å². The van der Waals surface area contributed by atoms with E-state index in [0.29, 0.717) is 0 Å². The van der Waals surface area contributed by atoms with E-state index in [4.69, 9.17) is 0 Å². The van der Waals surface area contributed by atoms with Gasteiger partial charge in [0.2, 0.25) is 0 Å². The van der Waals surface area contributed by atoms with E-state index in [-0.39, 0.29) is 5.92 Å². The zero-order valence-electron chi connectivity index (χ0n) is 27.2. The van der Waals surface area contributed by atoms with Crippen molar-refractivity contribution in [1.29, 1.82) is 0 Å². The fourth-order valence-corrected chi connectivity index (χ4v) is 5.85. The van der Waals surface area contributed by atoms with Crippen molar-refractivity contribution in [3.63, 3.8) is 0 Å². The molecule has 0 aliphatic heterocycles. The van der Waals surface area contributed by atoms with E-state index in [1.165, 1.54) is 167 Å². The van der Waals surface area contributed by atoms with E-state index in [2.05, 4.69) is 26.8 Å². The smallest absolute Gasteiger partial charge is 0.306 e. The standard InChI is InChI=1S/C37H72O2/c1-4-6-8-10-12-13-14-15-16-21-25-29-33-36(37(38)39)34-30-26-22-18-17-20-24-28-32-35(3)31-27-23-19-11-9-7-5-2/h31,36H,4-30,32-34H2,1-3H3,(H,38,39). The Morgan fingerprint density at radius 3 is 1.23 bits per heavy atom. The number of carboxylic acid groups (broad SMARTS) is 1. The van der Waals surface area contributed by atoms with Gasteiger partial charge in [-0.15, -0.1) is 0 Å². The summed E-state index contributed by atoms with van der Waals surface area (Å²) in [5, 5.41) is 9.61. The molecule has 1 unspecified atom stereocenters. The van der Waals surface area contributed by atoms with Gasteiger partial charge in [0.05, 0.1) is 5.92 Å². The van der Waals surface area contributed by atoms with E-state index >= 15 is 0 Å². The fraction of sp³-hybridized carbons (Fsp3) is 0.919. The van der Waals surface area contributed by atoms with Gasteiger partial charge in [-0.3, -0.25) is 4.79 Å². The van der Waals surface area contributed by atoms with Crippen LogP contribution in [-0.4, -0.2) is 11.1 Å². The number of hydrogen-bond acceptors (Lipinski definition) is 1. The molecule has 0 aliphatic carbocycles. The third-order valence-electron chi connectivity index (χ3n) is 8.68. The molecule has 1 N–H and O–H groups in total. The van der Waals surface area contributed by atoms with Crippen LogP contribution in [0.15, 0.2) is 11.6 Å². The van der Waals surface area contributed by atoms with Crippen molar-refractivity contribution in [3.05, 3.63) is 11.6 Å². The number of aliphatic carboxylic acids is 1. The molecule has 0 heterocycles. The van der Waals surface area contributed by atoms with Gasteiger partial charge in [0, 0.05) is 0 Å². The highest BCUT2D eigenvalue weighted by Gasteiger charge is 2.16. The molecule has 0 saturated carbocycles. The summed E-state index contributed by atoms with van der Waals surface area (Å²) >= 11 is 0. The molecule has 0 spiro atoms. The first-order chi connectivity index (χ1) is 19.1. The zero-order chi connectivity index (χ0) is 28.7. The van der Waals surface area contributed by atoms with Crippen LogP contribution in [0.2, 0.25) is 0 Å². The van der Waals surface area contributed by atoms with Crippen LogP contribution in [0.3, 0.4) is 0 Å². The predicted octanol–water partition coefficient (Wildman–Crippen LogP) is 13.4. The second kappa shape index (κ2) is 31.7. The van der Waals surface area contributed by atoms with Crippen LogP contribution >= 0.6 is 0 Å². The maximum atomic E-state index is 11.7. The van der Waals surface area contributed by atoms with Crippen LogP contribution < -0.4 is 0 Å². The molecule has 0 bridgehead atoms. The van der Waals surface area contributed by atoms with Crippen molar-refractivity contribution in [2.45, 2.75) is 213 Å². The van der Waals surface area contributed by atoms with Crippen molar-refractivity contribution < 1.29 is 9.90 Å². The Morgan fingerprint density at radius 2 is 0.846 bits per heavy atom. The van der Waals surface area contributed by atoms with E-state index in [1.54, 1.807) is 5.57 Å². The molecule has 0 aromatic heterocycles. The Balaban J connectivity index is 3.50. The molecule has 0 amide bonds. The van der Waals surface area contributed by atoms with Gasteiger partial charge in [0.15, 0.2) is 0 Å². The Bertz CT molecular complexity index is 524. The molecule has 0 radical (unpaired) electrons. The third-order valence-corrected chi connectivity index (χ3v) is 8.68. The van der Waals surface area contributed by atoms with Gasteiger partial charge in [-0.25, -0.2) is 0 Å². The topological polar surface area (TPSA) is 37.3 Å². The van der Waals surface area contributed by atoms with Crippen LogP contribution in [0.5, 0.6) is 0 Å². The van der Waals surface area contributed by atoms with E-state index in [1.807, 2.05) is 0 Å². The van der Waals surface area contributed by atoms with Crippen molar-refractivity contribution in [2.24, 2.45) is 5.92 Å². The minimum absolute atomic E-state index is 0.106. The molecule has 1 atom stereocenters. The highest BCUT2D eigenvalue weighted by Crippen LogP contribution is 2.20. The van der Waals surface area contributed by atoms with Gasteiger partial charge in [-0.05, 0) is 45.4 Å². The Kier molecular flexibility index (Phi) is 31.1. The lowest BCUT2D eigenvalue weighted by atomic mass is 9.94. The maximum Gasteiger partial charge on any atom is 0.306 e. The lowest BCUT2D eigenvalue weighted by Crippen LogP contribution is -2.13. The third kappa shape index (κ3) is 30.0. The summed E-state index contributed by atoms with van der Waals surface area (Å²) in [4.78, 5) is 11.7. The summed E-state index contributed by atoms with van der Waals surface area (Å²) in [5.41, 5.74) is 1.60. The van der Waals surface area contributed by atoms with E-state index in [0.717, 1.165) is 25.7 Å². The first kappa shape index (κ1) is 38.2. The fourth-order valence-electron chi connectivity index (χ4n) is 5.85. The van der Waals surface area contributed by atoms with Gasteiger partial charge in [-0.1, -0.05) is 180 Å². The van der Waals surface area contributed by atoms with E-state index < -0.39 is 5.97 Å². The minimum Gasteiger partial charge on any atom is -0.481 e. The number of hydrogen-bond donors (Lipinski definition) is 1. The van der Waals surface area contributed by atoms with Crippen molar-refractivity contribution in [3.8, 4) is 0 Å². The molecule has 0 saturated heterocycles. The van der Waals surface area contributed by atoms with Crippen molar-refractivity contribution in [1.82, 2.24) is 0 Å². The molecule has 0 fully saturated rings. The number of unbranched alkanes of at least 4 members (excludes halogenated alkanes) is 24. The second-order valence-corrected chi connectivity index (χ2v) is 12.7. The molecule has 39 heavy (non-hydrogen) atoms. The van der Waals surface area contributed by atoms with Crippen LogP contribution in [0.25, 0.3) is 0 Å². The largest absolute Gasteiger partial charge is 0.481 e. The number of rotatable bonds is 32. The molecular formula is C37H72O2. The molecule has 2 nitrogen and oxygen atoms in total. The van der Waals surface area contributed by atoms with Gasteiger partial charge < -0.3 is 5.11 Å². The highest BCUT2D eigenvalue weighted by atomic mass is 16.4. The molecular weight excluding hydrogens is 476 g/mol. The Morgan fingerprint density at radius 1 is 0.513 bits per heavy atom. The lowest BCUT2D eigenvalue weighted by Gasteiger charge is -2.12. The van der Waals surface area contributed by atoms with Crippen LogP contribution in [0, 0.1) is 5.92 Å². The van der Waals surface area contributed by atoms with Crippen LogP contribution in [0.1, 0.15) is 213 Å². The van der Waals surface area contributed by atoms with Crippen molar-refractivity contribution in [2.75, 3.05) is 0 Å². The second-order valence-electron chi connectivity index (χ2n) is 12.7. The molecule has 232 valence electrons. The van der Waals surface area contributed by atoms with Gasteiger partial charge in [-0.2, -0.15) is 0 Å². The molecule has 0 aliphatic rings. The highest BCUT2D eigenvalue weighted by molar-refractivity contribution is 5.69. The zero-order valence-corrected chi connectivity index (χ0v) is 27.2. The average molecular weight is 549 g/mol. The molecule has 0 aromatic rings. The Labute approximate surface area is 246 Å². The van der Waals surface area contributed by atoms with Gasteiger partial charge >= 0.3 is 5.97 Å². The summed E-state index contributed by atoms with van der Waals surface area (Å²) in [7, 11) is 0. The number of carbonyl (C=O) groups is 1. The Hall–Kier alpha value is -0.790. The summed E-state index contributed by atoms with van der Waals surface area (Å²) in [5.74, 6) is -0.667. The van der Waals surface area contributed by atoms with Crippen LogP contribution in [0.4, 0.5) is 0 Å². The summed E-state index contributed by atoms with van der Waals surface area (Å²) in [6.45, 7) is 6.88. The minimum atomic E-state index is -0.561. The van der Waals surface area contributed by atoms with Crippen LogP contribution in [-0.2, 0) is 4.79 Å². The molecule has 2 heteroatoms. The first-order valence-corrected chi connectivity index (χ1v) is 18.0. The number of allylic oxidation sites excluding steroid dienone is 2. The average Bonchev–Trinajstić information content (AvgIpc) is 2.92. The maximum absolute atomic E-state index is 11.7. The number of carboxylic acids is 1. The summed E-state index contributed by atoms with van der Waals surface area (Å²) < 4.78 is 0. The molecule has 0 aromatic carbocycles. The quantitative estimate of drug-likeness (QED) is 0.0670. The van der Waals surface area contributed by atoms with Gasteiger partial charge in [0.25, 0.3) is 0 Å².